The minimum absolute atomic E-state index is 0.561. The van der Waals surface area contributed by atoms with Crippen LogP contribution in [0.2, 0.25) is 0 Å². The summed E-state index contributed by atoms with van der Waals surface area (Å²) < 4.78 is 0. The third kappa shape index (κ3) is 2.28. The van der Waals surface area contributed by atoms with E-state index in [0.717, 1.165) is 13.1 Å². The smallest absolute Gasteiger partial charge is 0.0363 e. The number of rotatable bonds is 2. The van der Waals surface area contributed by atoms with Crippen LogP contribution in [-0.4, -0.2) is 24.5 Å². The third-order valence-electron chi connectivity index (χ3n) is 3.63. The monoisotopic (exact) mass is 218 g/mol. The highest BCUT2D eigenvalue weighted by Crippen LogP contribution is 2.29. The molecule has 0 spiro atoms. The molecule has 2 rings (SSSR count). The molecule has 1 aromatic carbocycles. The molecule has 2 heteroatoms. The molecular weight excluding hydrogens is 196 g/mol. The molecule has 1 N–H and O–H groups in total. The van der Waals surface area contributed by atoms with Crippen molar-refractivity contribution in [1.29, 1.82) is 0 Å². The van der Waals surface area contributed by atoms with Crippen LogP contribution in [0.25, 0.3) is 0 Å². The zero-order chi connectivity index (χ0) is 11.5. The fourth-order valence-electron chi connectivity index (χ4n) is 2.42. The molecule has 0 bridgehead atoms. The Balaban J connectivity index is 2.32. The number of nitrogens with one attached hydrogen (secondary N) is 1. The molecule has 2 nitrogen and oxygen atoms in total. The van der Waals surface area contributed by atoms with Crippen LogP contribution in [0.5, 0.6) is 0 Å². The van der Waals surface area contributed by atoms with E-state index in [9.17, 15) is 0 Å². The van der Waals surface area contributed by atoms with E-state index in [1.54, 1.807) is 0 Å². The van der Waals surface area contributed by atoms with Crippen LogP contribution < -0.4 is 5.32 Å². The van der Waals surface area contributed by atoms with Crippen molar-refractivity contribution >= 4 is 0 Å². The second kappa shape index (κ2) is 4.98. The van der Waals surface area contributed by atoms with Gasteiger partial charge in [0.25, 0.3) is 0 Å². The van der Waals surface area contributed by atoms with Crippen molar-refractivity contribution in [2.24, 2.45) is 0 Å². The maximum atomic E-state index is 3.50. The van der Waals surface area contributed by atoms with Crippen LogP contribution in [-0.2, 0) is 6.54 Å². The van der Waals surface area contributed by atoms with Crippen LogP contribution in [0.15, 0.2) is 24.3 Å². The van der Waals surface area contributed by atoms with E-state index in [1.807, 2.05) is 0 Å². The maximum absolute atomic E-state index is 3.50. The van der Waals surface area contributed by atoms with Gasteiger partial charge in [-0.2, -0.15) is 0 Å². The highest BCUT2D eigenvalue weighted by Gasteiger charge is 2.22. The second-order valence-electron chi connectivity index (χ2n) is 4.94. The molecule has 88 valence electrons. The summed E-state index contributed by atoms with van der Waals surface area (Å²) in [7, 11) is 2.23. The molecule has 1 aliphatic rings. The highest BCUT2D eigenvalue weighted by atomic mass is 15.2. The van der Waals surface area contributed by atoms with Gasteiger partial charge in [0.05, 0.1) is 0 Å². The van der Waals surface area contributed by atoms with Crippen LogP contribution in [0.4, 0.5) is 0 Å². The Labute approximate surface area is 98.7 Å². The van der Waals surface area contributed by atoms with Gasteiger partial charge in [-0.25, -0.2) is 0 Å². The number of fused-ring (bicyclic) bond motifs is 1. The van der Waals surface area contributed by atoms with Crippen molar-refractivity contribution in [2.75, 3.05) is 13.6 Å². The molecule has 0 aliphatic carbocycles. The topological polar surface area (TPSA) is 15.3 Å². The largest absolute Gasteiger partial charge is 0.313 e. The van der Waals surface area contributed by atoms with Gasteiger partial charge >= 0.3 is 0 Å². The molecule has 0 radical (unpaired) electrons. The zero-order valence-corrected chi connectivity index (χ0v) is 10.5. The summed E-state index contributed by atoms with van der Waals surface area (Å²) in [4.78, 5) is 2.48. The lowest BCUT2D eigenvalue weighted by Crippen LogP contribution is -2.31. The number of hydrogen-bond donors (Lipinski definition) is 1. The van der Waals surface area contributed by atoms with Gasteiger partial charge in [0.15, 0.2) is 0 Å². The summed E-state index contributed by atoms with van der Waals surface area (Å²) >= 11 is 0. The molecule has 0 saturated carbocycles. The predicted molar refractivity (Wildman–Crippen MR) is 68.4 cm³/mol. The van der Waals surface area contributed by atoms with Gasteiger partial charge in [-0.05, 0) is 45.0 Å². The van der Waals surface area contributed by atoms with E-state index >= 15 is 0 Å². The normalized spacial score (nSPS) is 20.9. The fraction of sp³-hybridized carbons (Fsp3) is 0.571. The van der Waals surface area contributed by atoms with Gasteiger partial charge in [-0.15, -0.1) is 0 Å². The molecule has 0 fully saturated rings. The van der Waals surface area contributed by atoms with Crippen molar-refractivity contribution in [3.8, 4) is 0 Å². The molecule has 0 amide bonds. The minimum atomic E-state index is 0.561. The van der Waals surface area contributed by atoms with Gasteiger partial charge in [0, 0.05) is 18.6 Å². The number of benzene rings is 1. The standard InChI is InChI=1S/C14H22N2/c1-11(2)16(3)14-8-9-15-10-12-6-4-5-7-13(12)14/h4-7,11,14-15H,8-10H2,1-3H3. The number of nitrogens with zero attached hydrogens (tertiary/aromatic N) is 1. The van der Waals surface area contributed by atoms with E-state index < -0.39 is 0 Å². The second-order valence-corrected chi connectivity index (χ2v) is 4.94. The van der Waals surface area contributed by atoms with Gasteiger partial charge in [-0.3, -0.25) is 4.90 Å². The Morgan fingerprint density at radius 2 is 2.06 bits per heavy atom. The summed E-state index contributed by atoms with van der Waals surface area (Å²) in [6.07, 6.45) is 1.20. The highest BCUT2D eigenvalue weighted by molar-refractivity contribution is 5.31. The van der Waals surface area contributed by atoms with Crippen molar-refractivity contribution in [2.45, 2.75) is 38.9 Å². The molecular formula is C14H22N2. The van der Waals surface area contributed by atoms with Crippen molar-refractivity contribution in [3.05, 3.63) is 35.4 Å². The van der Waals surface area contributed by atoms with E-state index in [4.69, 9.17) is 0 Å². The molecule has 1 heterocycles. The third-order valence-corrected chi connectivity index (χ3v) is 3.63. The summed E-state index contributed by atoms with van der Waals surface area (Å²) in [5, 5.41) is 3.50. The lowest BCUT2D eigenvalue weighted by Gasteiger charge is -2.31. The van der Waals surface area contributed by atoms with Crippen molar-refractivity contribution in [1.82, 2.24) is 10.2 Å². The fourth-order valence-corrected chi connectivity index (χ4v) is 2.42. The van der Waals surface area contributed by atoms with Crippen LogP contribution >= 0.6 is 0 Å². The van der Waals surface area contributed by atoms with Gasteiger partial charge in [-0.1, -0.05) is 24.3 Å². The minimum Gasteiger partial charge on any atom is -0.313 e. The first-order chi connectivity index (χ1) is 7.70. The molecule has 1 aromatic rings. The first-order valence-electron chi connectivity index (χ1n) is 6.20. The average molecular weight is 218 g/mol. The molecule has 1 atom stereocenters. The summed E-state index contributed by atoms with van der Waals surface area (Å²) in [5.74, 6) is 0. The van der Waals surface area contributed by atoms with E-state index in [-0.39, 0.29) is 0 Å². The molecule has 1 aliphatic heterocycles. The van der Waals surface area contributed by atoms with Gasteiger partial charge < -0.3 is 5.32 Å². The Bertz CT molecular complexity index is 346. The summed E-state index contributed by atoms with van der Waals surface area (Å²) in [6.45, 7) is 6.65. The first kappa shape index (κ1) is 11.6. The summed E-state index contributed by atoms with van der Waals surface area (Å²) in [5.41, 5.74) is 2.96. The Morgan fingerprint density at radius 1 is 1.31 bits per heavy atom. The van der Waals surface area contributed by atoms with Crippen molar-refractivity contribution in [3.63, 3.8) is 0 Å². The Morgan fingerprint density at radius 3 is 2.81 bits per heavy atom. The van der Waals surface area contributed by atoms with Crippen LogP contribution in [0, 0.1) is 0 Å². The maximum Gasteiger partial charge on any atom is 0.0363 e. The van der Waals surface area contributed by atoms with Crippen molar-refractivity contribution < 1.29 is 0 Å². The molecule has 16 heavy (non-hydrogen) atoms. The van der Waals surface area contributed by atoms with Crippen LogP contribution in [0.1, 0.15) is 37.4 Å². The SMILES string of the molecule is CC(C)N(C)C1CCNCc2ccccc21. The van der Waals surface area contributed by atoms with Crippen LogP contribution in [0.3, 0.4) is 0 Å². The summed E-state index contributed by atoms with van der Waals surface area (Å²) in [6, 6.07) is 9.98. The van der Waals surface area contributed by atoms with E-state index in [2.05, 4.69) is 55.4 Å². The molecule has 0 aromatic heterocycles. The molecule has 0 saturated heterocycles. The zero-order valence-electron chi connectivity index (χ0n) is 10.5. The number of hydrogen-bond acceptors (Lipinski definition) is 2. The Hall–Kier alpha value is -0.860. The predicted octanol–water partition coefficient (Wildman–Crippen LogP) is 2.56. The van der Waals surface area contributed by atoms with E-state index in [0.29, 0.717) is 12.1 Å². The molecule has 1 unspecified atom stereocenters. The lowest BCUT2D eigenvalue weighted by molar-refractivity contribution is 0.188. The average Bonchev–Trinajstić information content (AvgIpc) is 2.50. The van der Waals surface area contributed by atoms with E-state index in [1.165, 1.54) is 17.5 Å². The first-order valence-corrected chi connectivity index (χ1v) is 6.20. The quantitative estimate of drug-likeness (QED) is 0.820. The Kier molecular flexibility index (Phi) is 3.62. The van der Waals surface area contributed by atoms with Gasteiger partial charge in [0.2, 0.25) is 0 Å². The lowest BCUT2D eigenvalue weighted by atomic mass is 9.97. The van der Waals surface area contributed by atoms with Gasteiger partial charge in [0.1, 0.15) is 0 Å².